The molecule has 4 aliphatic carbocycles. The van der Waals surface area contributed by atoms with Crippen LogP contribution >= 0.6 is 0 Å². The summed E-state index contributed by atoms with van der Waals surface area (Å²) in [6.45, 7) is 14.8. The van der Waals surface area contributed by atoms with Crippen LogP contribution in [0.3, 0.4) is 0 Å². The maximum Gasteiger partial charge on any atom is 0.306 e. The molecule has 0 radical (unpaired) electrons. The highest BCUT2D eigenvalue weighted by atomic mass is 16.4. The van der Waals surface area contributed by atoms with Gasteiger partial charge >= 0.3 is 5.97 Å². The molecule has 0 saturated heterocycles. The van der Waals surface area contributed by atoms with Crippen LogP contribution in [0.4, 0.5) is 0 Å². The first-order valence-electron chi connectivity index (χ1n) is 13.5. The molecule has 0 bridgehead atoms. The van der Waals surface area contributed by atoms with Gasteiger partial charge in [0.05, 0.1) is 24.2 Å². The largest absolute Gasteiger partial charge is 0.481 e. The Kier molecular flexibility index (Phi) is 6.51. The second-order valence-corrected chi connectivity index (χ2v) is 13.4. The Morgan fingerprint density at radius 2 is 1.74 bits per heavy atom. The lowest BCUT2D eigenvalue weighted by atomic mass is 9.44. The summed E-state index contributed by atoms with van der Waals surface area (Å²) in [6.07, 6.45) is 8.31. The van der Waals surface area contributed by atoms with Crippen LogP contribution in [0.25, 0.3) is 0 Å². The molecule has 4 aliphatic rings. The van der Waals surface area contributed by atoms with Crippen molar-refractivity contribution in [2.24, 2.45) is 39.4 Å². The van der Waals surface area contributed by atoms with Crippen molar-refractivity contribution in [2.45, 2.75) is 105 Å². The maximum absolute atomic E-state index is 12.5. The van der Waals surface area contributed by atoms with Crippen LogP contribution in [0.2, 0.25) is 0 Å². The summed E-state index contributed by atoms with van der Waals surface area (Å²) >= 11 is 0. The Morgan fingerprint density at radius 1 is 1.09 bits per heavy atom. The lowest BCUT2D eigenvalue weighted by Crippen LogP contribution is -2.55. The summed E-state index contributed by atoms with van der Waals surface area (Å²) in [5.74, 6) is -1.87. The summed E-state index contributed by atoms with van der Waals surface area (Å²) in [5, 5.41) is 44.1. The van der Waals surface area contributed by atoms with E-state index in [9.17, 15) is 25.2 Å². The average molecular weight is 487 g/mol. The minimum Gasteiger partial charge on any atom is -0.481 e. The molecule has 5 nitrogen and oxygen atoms in total. The van der Waals surface area contributed by atoms with Crippen molar-refractivity contribution in [3.8, 4) is 0 Å². The molecule has 0 amide bonds. The highest BCUT2D eigenvalue weighted by Gasteiger charge is 2.70. The van der Waals surface area contributed by atoms with Gasteiger partial charge in [0.15, 0.2) is 0 Å². The lowest BCUT2D eigenvalue weighted by Gasteiger charge is -2.61. The van der Waals surface area contributed by atoms with Crippen LogP contribution in [-0.2, 0) is 4.79 Å². The Labute approximate surface area is 211 Å². The molecule has 196 valence electrons. The third kappa shape index (κ3) is 3.55. The Balaban J connectivity index is 1.79. The van der Waals surface area contributed by atoms with Gasteiger partial charge in [-0.3, -0.25) is 4.79 Å². The molecule has 0 aromatic carbocycles. The van der Waals surface area contributed by atoms with Crippen molar-refractivity contribution in [1.29, 1.82) is 0 Å². The number of aliphatic hydroxyl groups is 3. The second kappa shape index (κ2) is 8.56. The average Bonchev–Trinajstić information content (AvgIpc) is 2.92. The smallest absolute Gasteiger partial charge is 0.306 e. The third-order valence-corrected chi connectivity index (χ3v) is 11.2. The van der Waals surface area contributed by atoms with Gasteiger partial charge in [0.1, 0.15) is 0 Å². The zero-order valence-corrected chi connectivity index (χ0v) is 22.6. The van der Waals surface area contributed by atoms with E-state index in [1.807, 2.05) is 13.8 Å². The molecule has 9 atom stereocenters. The van der Waals surface area contributed by atoms with Crippen LogP contribution in [0.1, 0.15) is 87.0 Å². The first kappa shape index (κ1) is 26.6. The minimum atomic E-state index is -1.10. The van der Waals surface area contributed by atoms with E-state index in [1.165, 1.54) is 5.57 Å². The zero-order chi connectivity index (χ0) is 26.1. The Morgan fingerprint density at radius 3 is 2.34 bits per heavy atom. The topological polar surface area (TPSA) is 98.0 Å². The van der Waals surface area contributed by atoms with E-state index in [2.05, 4.69) is 52.8 Å². The quantitative estimate of drug-likeness (QED) is 0.397. The SMILES string of the molecule is CC(C)=CCCC(C(=O)O)C1C(O)C(O)C2(C)C3=CCC4C(C)(CCC(O)C4(C)C)C3=CCC12C. The number of carbonyl (C=O) groups is 1. The van der Waals surface area contributed by atoms with E-state index in [0.717, 1.165) is 30.4 Å². The Hall–Kier alpha value is -1.43. The van der Waals surface area contributed by atoms with Crippen molar-refractivity contribution >= 4 is 5.97 Å². The van der Waals surface area contributed by atoms with E-state index in [4.69, 9.17) is 0 Å². The molecule has 35 heavy (non-hydrogen) atoms. The Bertz CT molecular complexity index is 971. The van der Waals surface area contributed by atoms with Crippen molar-refractivity contribution in [3.63, 3.8) is 0 Å². The predicted molar refractivity (Wildman–Crippen MR) is 138 cm³/mol. The van der Waals surface area contributed by atoms with E-state index in [0.29, 0.717) is 19.3 Å². The highest BCUT2D eigenvalue weighted by Crippen LogP contribution is 2.71. The van der Waals surface area contributed by atoms with Crippen LogP contribution in [0.15, 0.2) is 34.9 Å². The van der Waals surface area contributed by atoms with Crippen LogP contribution < -0.4 is 0 Å². The fraction of sp³-hybridized carbons (Fsp3) is 0.767. The molecule has 4 rings (SSSR count). The number of hydrogen-bond acceptors (Lipinski definition) is 4. The summed E-state index contributed by atoms with van der Waals surface area (Å²) in [5.41, 5.74) is 1.85. The summed E-state index contributed by atoms with van der Waals surface area (Å²) in [7, 11) is 0. The molecule has 0 spiro atoms. The molecule has 4 N–H and O–H groups in total. The van der Waals surface area contributed by atoms with Crippen molar-refractivity contribution in [1.82, 2.24) is 0 Å². The van der Waals surface area contributed by atoms with Gasteiger partial charge in [-0.15, -0.1) is 0 Å². The molecule has 0 heterocycles. The number of allylic oxidation sites excluding steroid dienone is 5. The van der Waals surface area contributed by atoms with E-state index in [1.54, 1.807) is 0 Å². The van der Waals surface area contributed by atoms with Crippen molar-refractivity contribution in [2.75, 3.05) is 0 Å². The standard InChI is InChI=1S/C30H46O5/c1-17(2)9-8-10-18(26(34)35)23-24(32)25(33)30(7)20-11-12-21-27(3,4)22(31)14-15-28(21,5)19(20)13-16-29(23,30)6/h9,11,13,18,21-25,31-33H,8,10,12,14-16H2,1-7H3,(H,34,35). The van der Waals surface area contributed by atoms with Crippen molar-refractivity contribution < 1.29 is 25.2 Å². The molecule has 0 aliphatic heterocycles. The molecule has 2 fully saturated rings. The monoisotopic (exact) mass is 486 g/mol. The lowest BCUT2D eigenvalue weighted by molar-refractivity contribution is -0.148. The normalized spacial score (nSPS) is 44.8. The number of hydrogen-bond donors (Lipinski definition) is 4. The predicted octanol–water partition coefficient (Wildman–Crippen LogP) is 5.26. The van der Waals surface area contributed by atoms with E-state index < -0.39 is 40.8 Å². The van der Waals surface area contributed by atoms with Gasteiger partial charge in [-0.1, -0.05) is 58.4 Å². The van der Waals surface area contributed by atoms with Crippen LogP contribution in [-0.4, -0.2) is 44.7 Å². The van der Waals surface area contributed by atoms with Gasteiger partial charge in [0.2, 0.25) is 0 Å². The van der Waals surface area contributed by atoms with Crippen molar-refractivity contribution in [3.05, 3.63) is 34.9 Å². The number of carboxylic acids is 1. The molecule has 2 saturated carbocycles. The molecule has 5 heteroatoms. The summed E-state index contributed by atoms with van der Waals surface area (Å²) < 4.78 is 0. The second-order valence-electron chi connectivity index (χ2n) is 13.4. The van der Waals surface area contributed by atoms with E-state index >= 15 is 0 Å². The molecule has 0 aromatic heterocycles. The molecule has 0 aromatic rings. The fourth-order valence-corrected chi connectivity index (χ4v) is 8.83. The molecular formula is C30H46O5. The van der Waals surface area contributed by atoms with Gasteiger partial charge in [-0.05, 0) is 85.7 Å². The molecule has 9 unspecified atom stereocenters. The summed E-state index contributed by atoms with van der Waals surface area (Å²) in [4.78, 5) is 12.5. The van der Waals surface area contributed by atoms with Gasteiger partial charge in [0.25, 0.3) is 0 Å². The van der Waals surface area contributed by atoms with Gasteiger partial charge in [-0.25, -0.2) is 0 Å². The van der Waals surface area contributed by atoms with Crippen LogP contribution in [0, 0.1) is 39.4 Å². The summed E-state index contributed by atoms with van der Waals surface area (Å²) in [6, 6.07) is 0. The van der Waals surface area contributed by atoms with Gasteiger partial charge < -0.3 is 20.4 Å². The van der Waals surface area contributed by atoms with Crippen LogP contribution in [0.5, 0.6) is 0 Å². The van der Waals surface area contributed by atoms with E-state index in [-0.39, 0.29) is 22.9 Å². The van der Waals surface area contributed by atoms with Gasteiger partial charge in [-0.2, -0.15) is 0 Å². The first-order valence-corrected chi connectivity index (χ1v) is 13.5. The number of fused-ring (bicyclic) bond motifs is 5. The number of aliphatic hydroxyl groups excluding tert-OH is 3. The zero-order valence-electron chi connectivity index (χ0n) is 22.6. The number of rotatable bonds is 5. The number of aliphatic carboxylic acids is 1. The third-order valence-electron chi connectivity index (χ3n) is 11.2. The maximum atomic E-state index is 12.5. The first-order chi connectivity index (χ1) is 16.1. The minimum absolute atomic E-state index is 0.116. The number of carboxylic acid groups (broad SMARTS) is 1. The van der Waals surface area contributed by atoms with Gasteiger partial charge in [0, 0.05) is 11.3 Å². The fourth-order valence-electron chi connectivity index (χ4n) is 8.83. The highest BCUT2D eigenvalue weighted by molar-refractivity contribution is 5.71. The molecular weight excluding hydrogens is 440 g/mol.